The first-order valence-corrected chi connectivity index (χ1v) is 22.7. The van der Waals surface area contributed by atoms with Crippen molar-refractivity contribution in [2.24, 2.45) is 41.4 Å². The van der Waals surface area contributed by atoms with Crippen molar-refractivity contribution in [1.82, 2.24) is 16.0 Å². The number of halogens is 2. The first kappa shape index (κ1) is 65.8. The maximum Gasteiger partial charge on any atom is 0.308 e. The van der Waals surface area contributed by atoms with E-state index in [1.165, 1.54) is 32.1 Å². The van der Waals surface area contributed by atoms with Gasteiger partial charge in [0.05, 0.1) is 32.1 Å². The van der Waals surface area contributed by atoms with Gasteiger partial charge in [-0.25, -0.2) is 8.78 Å². The predicted molar refractivity (Wildman–Crippen MR) is 259 cm³/mol. The molecule has 0 radical (unpaired) electrons. The second kappa shape index (κ2) is 39.8. The molecule has 366 valence electrons. The van der Waals surface area contributed by atoms with Gasteiger partial charge in [-0.2, -0.15) is 0 Å². The minimum absolute atomic E-state index is 0.00463. The molecule has 0 saturated heterocycles. The van der Waals surface area contributed by atoms with Crippen molar-refractivity contribution in [1.29, 1.82) is 0 Å². The number of rotatable bonds is 13. The molecule has 12 heteroatoms. The second-order valence-corrected chi connectivity index (χ2v) is 17.8. The van der Waals surface area contributed by atoms with Gasteiger partial charge in [-0.05, 0) is 87.6 Å². The topological polar surface area (TPSA) is 140 Å². The number of carbonyl (C=O) groups excluding carboxylic acids is 5. The summed E-state index contributed by atoms with van der Waals surface area (Å²) in [6.45, 7) is 33.5. The van der Waals surface area contributed by atoms with Crippen molar-refractivity contribution in [2.75, 3.05) is 20.3 Å². The third-order valence-electron chi connectivity index (χ3n) is 7.84. The third kappa shape index (κ3) is 43.8. The van der Waals surface area contributed by atoms with Crippen LogP contribution in [0.15, 0.2) is 48.5 Å². The Morgan fingerprint density at radius 1 is 0.672 bits per heavy atom. The SMILES string of the molecule is C#CCNC(=O)C(C)C.CC(C)C(=O)NC1CC1.CC(C)Cc1cccc(F)c1.CC(C)Cc1ccccc1F.CC(C)NC(=O)C(C)C.CCOC(=O)C(C)C.COC(=O)C(C)C. The number of ether oxygens (including phenoxy) is 2. The summed E-state index contributed by atoms with van der Waals surface area (Å²) in [5, 5.41) is 8.27. The summed E-state index contributed by atoms with van der Waals surface area (Å²) in [6, 6.07) is 14.5. The van der Waals surface area contributed by atoms with E-state index in [4.69, 9.17) is 6.42 Å². The van der Waals surface area contributed by atoms with Crippen LogP contribution in [0.4, 0.5) is 8.78 Å². The molecule has 1 fully saturated rings. The number of esters is 2. The van der Waals surface area contributed by atoms with E-state index in [9.17, 15) is 32.8 Å². The van der Waals surface area contributed by atoms with Crippen molar-refractivity contribution < 1.29 is 42.2 Å². The summed E-state index contributed by atoms with van der Waals surface area (Å²) in [5.41, 5.74) is 1.91. The molecule has 64 heavy (non-hydrogen) atoms. The summed E-state index contributed by atoms with van der Waals surface area (Å²) in [4.78, 5) is 53.2. The molecule has 1 aliphatic rings. The molecule has 0 aliphatic heterocycles. The minimum Gasteiger partial charge on any atom is -0.469 e. The highest BCUT2D eigenvalue weighted by Gasteiger charge is 2.23. The molecule has 0 aromatic heterocycles. The minimum atomic E-state index is -0.153. The highest BCUT2D eigenvalue weighted by molar-refractivity contribution is 5.79. The molecule has 0 unspecified atom stereocenters. The van der Waals surface area contributed by atoms with Gasteiger partial charge in [0, 0.05) is 29.8 Å². The average molecular weight is 904 g/mol. The van der Waals surface area contributed by atoms with Gasteiger partial charge in [0.25, 0.3) is 0 Å². The Balaban J connectivity index is -0.000000330. The Hall–Kier alpha value is -4.79. The van der Waals surface area contributed by atoms with Crippen LogP contribution in [0, 0.1) is 65.4 Å². The zero-order chi connectivity index (χ0) is 50.5. The number of terminal acetylenes is 1. The van der Waals surface area contributed by atoms with Crippen LogP contribution in [-0.4, -0.2) is 62.0 Å². The Morgan fingerprint density at radius 2 is 1.17 bits per heavy atom. The van der Waals surface area contributed by atoms with Crippen molar-refractivity contribution in [3.63, 3.8) is 0 Å². The van der Waals surface area contributed by atoms with Crippen LogP contribution in [0.2, 0.25) is 0 Å². The van der Waals surface area contributed by atoms with Crippen LogP contribution in [0.3, 0.4) is 0 Å². The van der Waals surface area contributed by atoms with E-state index in [0.29, 0.717) is 31.0 Å². The lowest BCUT2D eigenvalue weighted by Gasteiger charge is -2.09. The molecule has 3 rings (SSSR count). The predicted octanol–water partition coefficient (Wildman–Crippen LogP) is 10.5. The molecular weight excluding hydrogens is 817 g/mol. The van der Waals surface area contributed by atoms with Gasteiger partial charge < -0.3 is 25.4 Å². The molecule has 0 atom stereocenters. The van der Waals surface area contributed by atoms with Gasteiger partial charge in [0.15, 0.2) is 0 Å². The lowest BCUT2D eigenvalue weighted by molar-refractivity contribution is -0.147. The number of benzene rings is 2. The van der Waals surface area contributed by atoms with Crippen LogP contribution >= 0.6 is 0 Å². The van der Waals surface area contributed by atoms with E-state index in [-0.39, 0.29) is 76.9 Å². The van der Waals surface area contributed by atoms with Crippen molar-refractivity contribution in [3.8, 4) is 12.3 Å². The van der Waals surface area contributed by atoms with E-state index < -0.39 is 0 Å². The molecule has 3 amide bonds. The number of carbonyl (C=O) groups is 5. The summed E-state index contributed by atoms with van der Waals surface area (Å²) >= 11 is 0. The van der Waals surface area contributed by atoms with E-state index in [2.05, 4.69) is 59.0 Å². The fourth-order valence-corrected chi connectivity index (χ4v) is 4.17. The second-order valence-electron chi connectivity index (χ2n) is 17.8. The Bertz CT molecular complexity index is 1580. The first-order valence-electron chi connectivity index (χ1n) is 22.7. The highest BCUT2D eigenvalue weighted by Crippen LogP contribution is 2.19. The fourth-order valence-electron chi connectivity index (χ4n) is 4.17. The van der Waals surface area contributed by atoms with Gasteiger partial charge in [-0.15, -0.1) is 6.42 Å². The van der Waals surface area contributed by atoms with Crippen LogP contribution in [0.5, 0.6) is 0 Å². The highest BCUT2D eigenvalue weighted by atomic mass is 19.1. The number of hydrogen-bond donors (Lipinski definition) is 3. The van der Waals surface area contributed by atoms with Crippen LogP contribution < -0.4 is 16.0 Å². The normalized spacial score (nSPS) is 11.0. The zero-order valence-electron chi connectivity index (χ0n) is 42.7. The number of nitrogens with one attached hydrogen (secondary N) is 3. The van der Waals surface area contributed by atoms with Gasteiger partial charge >= 0.3 is 11.9 Å². The fraction of sp³-hybridized carbons (Fsp3) is 0.635. The zero-order valence-corrected chi connectivity index (χ0v) is 42.7. The molecule has 0 heterocycles. The smallest absolute Gasteiger partial charge is 0.308 e. The van der Waals surface area contributed by atoms with Crippen LogP contribution in [0.25, 0.3) is 0 Å². The Morgan fingerprint density at radius 3 is 1.48 bits per heavy atom. The van der Waals surface area contributed by atoms with Gasteiger partial charge in [0.2, 0.25) is 17.7 Å². The van der Waals surface area contributed by atoms with Crippen molar-refractivity contribution in [2.45, 2.75) is 155 Å². The molecule has 1 aliphatic carbocycles. The largest absolute Gasteiger partial charge is 0.469 e. The van der Waals surface area contributed by atoms with E-state index in [1.54, 1.807) is 39.0 Å². The lowest BCUT2D eigenvalue weighted by atomic mass is 10.0. The molecule has 0 spiro atoms. The standard InChI is InChI=1S/2C10H13F.C7H13NO.C7H15NO.C7H11NO.C6H12O2.C5H10O2/c1-8(2)6-9-4-3-5-10(11)7-9;1-8(2)7-9-5-3-4-6-10(9)11;1-5(2)7(9)8-6-3-4-6;1-5(2)7(9)8-6(3)4;1-4-5-8-7(9)6(2)3;1-4-8-6(7)5(2)3;1-4(2)5(6)7-3/h3-5,7-8H,6H2,1-2H3;3-6,8H,7H2,1-2H3;5-6H,3-4H2,1-2H3,(H,8,9);5-6H,1-4H3,(H,8,9);1,6H,5H2,2-3H3,(H,8,9);5H,4H2,1-3H3;4H,1-3H3. The summed E-state index contributed by atoms with van der Waals surface area (Å²) < 4.78 is 34.6. The Kier molecular flexibility index (Phi) is 40.9. The number of hydrogen-bond acceptors (Lipinski definition) is 7. The maximum atomic E-state index is 12.9. The quantitative estimate of drug-likeness (QED) is 0.134. The van der Waals surface area contributed by atoms with E-state index >= 15 is 0 Å². The van der Waals surface area contributed by atoms with Crippen LogP contribution in [-0.2, 0) is 46.3 Å². The van der Waals surface area contributed by atoms with E-state index in [0.717, 1.165) is 24.0 Å². The Labute approximate surface area is 387 Å². The lowest BCUT2D eigenvalue weighted by Crippen LogP contribution is -2.33. The molecule has 2 aromatic carbocycles. The molecule has 1 saturated carbocycles. The van der Waals surface area contributed by atoms with Crippen molar-refractivity contribution >= 4 is 29.7 Å². The molecule has 0 bridgehead atoms. The monoisotopic (exact) mass is 904 g/mol. The average Bonchev–Trinajstić information content (AvgIpc) is 4.02. The number of methoxy groups -OCH3 is 1. The van der Waals surface area contributed by atoms with Gasteiger partial charge in [-0.1, -0.05) is 133 Å². The summed E-state index contributed by atoms with van der Waals surface area (Å²) in [6.07, 6.45) is 9.05. The summed E-state index contributed by atoms with van der Waals surface area (Å²) in [7, 11) is 1.39. The molecule has 3 N–H and O–H groups in total. The number of amides is 3. The van der Waals surface area contributed by atoms with Crippen LogP contribution in [0.1, 0.15) is 142 Å². The van der Waals surface area contributed by atoms with Gasteiger partial charge in [-0.3, -0.25) is 24.0 Å². The maximum absolute atomic E-state index is 12.9. The molecule has 2 aromatic rings. The van der Waals surface area contributed by atoms with E-state index in [1.807, 2.05) is 87.4 Å². The summed E-state index contributed by atoms with van der Waals surface area (Å²) in [5.74, 6) is 3.56. The first-order chi connectivity index (χ1) is 29.7. The molecular formula is C52H87F2N3O7. The molecule has 10 nitrogen and oxygen atoms in total. The van der Waals surface area contributed by atoms with Crippen molar-refractivity contribution in [3.05, 3.63) is 71.3 Å². The van der Waals surface area contributed by atoms with Gasteiger partial charge in [0.1, 0.15) is 11.6 Å². The third-order valence-corrected chi connectivity index (χ3v) is 7.84.